The number of likely N-dealkylation sites (N-methyl/N-ethyl adjacent to an activating group) is 1. The average Bonchev–Trinajstić information content (AvgIpc) is 3.39. The Bertz CT molecular complexity index is 1870. The molecule has 0 fully saturated rings. The number of hydrogen-bond donors (Lipinski definition) is 2. The first-order chi connectivity index (χ1) is 37.4. The van der Waals surface area contributed by atoms with Gasteiger partial charge in [0, 0.05) is 12.8 Å². The SMILES string of the molecule is CC\C=C/C=C/C=C/C=C\C=C\C=C\CCCCCC(=O)NC(COP(=O)(O)OCC[N+](C)(C)C)C(/C=C\CCCCCCCCCCC)OC(=O)CCCCCC/C=C\C/C=C\C/C=C\C/C=C\C/C=C\C/C=C\CC. The van der Waals surface area contributed by atoms with E-state index in [1.54, 1.807) is 0 Å². The first-order valence-corrected chi connectivity index (χ1v) is 31.4. The van der Waals surface area contributed by atoms with Crippen LogP contribution in [0.25, 0.3) is 0 Å². The highest BCUT2D eigenvalue weighted by Gasteiger charge is 2.30. The molecule has 10 heteroatoms. The number of quaternary nitrogens is 1. The first-order valence-electron chi connectivity index (χ1n) is 29.9. The Hall–Kier alpha value is -4.37. The van der Waals surface area contributed by atoms with Crippen LogP contribution in [-0.2, 0) is 27.9 Å². The Balaban J connectivity index is 5.39. The lowest BCUT2D eigenvalue weighted by molar-refractivity contribution is -0.870. The molecule has 0 saturated heterocycles. The van der Waals surface area contributed by atoms with Crippen LogP contribution < -0.4 is 5.32 Å². The normalized spacial score (nSPS) is 14.8. The van der Waals surface area contributed by atoms with Gasteiger partial charge in [0.1, 0.15) is 19.3 Å². The first kappa shape index (κ1) is 72.6. The third-order valence-electron chi connectivity index (χ3n) is 12.1. The van der Waals surface area contributed by atoms with Crippen molar-refractivity contribution in [3.63, 3.8) is 0 Å². The number of carbonyl (C=O) groups is 2. The number of nitrogens with zero attached hydrogens (tertiary/aromatic N) is 1. The van der Waals surface area contributed by atoms with Gasteiger partial charge in [0.2, 0.25) is 5.91 Å². The van der Waals surface area contributed by atoms with E-state index in [1.165, 1.54) is 44.9 Å². The summed E-state index contributed by atoms with van der Waals surface area (Å²) in [4.78, 5) is 37.6. The minimum absolute atomic E-state index is 0.0164. The van der Waals surface area contributed by atoms with Crippen molar-refractivity contribution < 1.29 is 37.3 Å². The maximum atomic E-state index is 13.5. The molecule has 77 heavy (non-hydrogen) atoms. The highest BCUT2D eigenvalue weighted by Crippen LogP contribution is 2.43. The maximum Gasteiger partial charge on any atom is 0.472 e. The molecule has 0 bridgehead atoms. The predicted molar refractivity (Wildman–Crippen MR) is 332 cm³/mol. The van der Waals surface area contributed by atoms with Crippen molar-refractivity contribution in [3.05, 3.63) is 158 Å². The molecule has 0 heterocycles. The Morgan fingerprint density at radius 1 is 0.481 bits per heavy atom. The zero-order valence-corrected chi connectivity index (χ0v) is 50.3. The van der Waals surface area contributed by atoms with Gasteiger partial charge in [-0.1, -0.05) is 243 Å². The Kier molecular flexibility index (Phi) is 51.8. The van der Waals surface area contributed by atoms with Crippen LogP contribution >= 0.6 is 7.82 Å². The van der Waals surface area contributed by atoms with Gasteiger partial charge in [0.05, 0.1) is 33.8 Å². The third-order valence-corrected chi connectivity index (χ3v) is 13.1. The lowest BCUT2D eigenvalue weighted by Crippen LogP contribution is -2.47. The zero-order chi connectivity index (χ0) is 56.4. The van der Waals surface area contributed by atoms with Crippen LogP contribution in [0, 0.1) is 0 Å². The molecule has 0 aromatic carbocycles. The van der Waals surface area contributed by atoms with Crippen molar-refractivity contribution in [3.8, 4) is 0 Å². The van der Waals surface area contributed by atoms with Crippen molar-refractivity contribution in [1.82, 2.24) is 5.32 Å². The summed E-state index contributed by atoms with van der Waals surface area (Å²) in [6, 6.07) is -0.895. The third kappa shape index (κ3) is 56.2. The van der Waals surface area contributed by atoms with E-state index >= 15 is 0 Å². The maximum absolute atomic E-state index is 13.5. The van der Waals surface area contributed by atoms with E-state index in [0.29, 0.717) is 23.9 Å². The lowest BCUT2D eigenvalue weighted by Gasteiger charge is -2.27. The number of ether oxygens (including phenoxy) is 1. The number of phosphoric ester groups is 1. The van der Waals surface area contributed by atoms with Crippen molar-refractivity contribution in [2.24, 2.45) is 0 Å². The Morgan fingerprint density at radius 3 is 1.42 bits per heavy atom. The molecule has 0 spiro atoms. The van der Waals surface area contributed by atoms with Gasteiger partial charge >= 0.3 is 13.8 Å². The van der Waals surface area contributed by atoms with E-state index in [1.807, 2.05) is 94.1 Å². The van der Waals surface area contributed by atoms with Crippen LogP contribution in [0.4, 0.5) is 0 Å². The quantitative estimate of drug-likeness (QED) is 0.0156. The van der Waals surface area contributed by atoms with E-state index in [4.69, 9.17) is 13.8 Å². The summed E-state index contributed by atoms with van der Waals surface area (Å²) in [7, 11) is 1.42. The number of phosphoric acid groups is 1. The van der Waals surface area contributed by atoms with Crippen LogP contribution in [0.15, 0.2) is 158 Å². The average molecular weight is 1090 g/mol. The topological polar surface area (TPSA) is 111 Å². The summed E-state index contributed by atoms with van der Waals surface area (Å²) >= 11 is 0. The van der Waals surface area contributed by atoms with Gasteiger partial charge in [-0.2, -0.15) is 0 Å². The molecule has 434 valence electrons. The van der Waals surface area contributed by atoms with Crippen molar-refractivity contribution in [1.29, 1.82) is 0 Å². The smallest absolute Gasteiger partial charge is 0.456 e. The standard InChI is InChI=1S/C67H109N2O7P/c1-7-10-13-16-19-22-25-27-29-31-32-33-34-35-36-38-40-42-45-48-51-54-57-60-67(71)76-65(58-55-52-49-46-43-24-21-18-15-12-9-3)64(63-75-77(72,73)74-62-61-69(4,5)6)68-66(70)59-56-53-50-47-44-41-39-37-30-28-26-23-20-17-14-11-8-2/h10-11,13-14,17,19-20,22-23,26-30,32-33,35-37,39-42,44,55,58,64-65H,7-9,12,15-16,18,21,24-25,31,34,38,43,45-54,56-57,59-63H2,1-6H3,(H-,68,70,72,73)/p+1/b13-10-,14-11-,20-17+,22-19-,26-23+,29-27-,30-28-,33-32-,36-35-,39-37+,42-40-,44-41+,58-55-. The fourth-order valence-corrected chi connectivity index (χ4v) is 8.30. The van der Waals surface area contributed by atoms with Gasteiger partial charge in [-0.3, -0.25) is 18.6 Å². The molecule has 1 amide bonds. The zero-order valence-electron chi connectivity index (χ0n) is 49.4. The molecule has 0 aromatic rings. The van der Waals surface area contributed by atoms with Gasteiger partial charge in [0.15, 0.2) is 0 Å². The van der Waals surface area contributed by atoms with Gasteiger partial charge in [-0.25, -0.2) is 4.57 Å². The van der Waals surface area contributed by atoms with E-state index in [9.17, 15) is 19.0 Å². The van der Waals surface area contributed by atoms with Gasteiger partial charge in [-0.05, 0) is 102 Å². The number of carbonyl (C=O) groups excluding carboxylic acids is 2. The molecule has 9 nitrogen and oxygen atoms in total. The number of esters is 1. The van der Waals surface area contributed by atoms with Gasteiger partial charge in [0.25, 0.3) is 0 Å². The monoisotopic (exact) mass is 1090 g/mol. The molecule has 3 atom stereocenters. The van der Waals surface area contributed by atoms with Crippen LogP contribution in [-0.4, -0.2) is 74.3 Å². The Labute approximate surface area is 471 Å². The van der Waals surface area contributed by atoms with E-state index in [2.05, 4.69) is 111 Å². The van der Waals surface area contributed by atoms with Crippen LogP contribution in [0.1, 0.15) is 201 Å². The molecule has 0 aliphatic heterocycles. The lowest BCUT2D eigenvalue weighted by atomic mass is 10.1. The summed E-state index contributed by atoms with van der Waals surface area (Å²) in [6.45, 7) is 6.65. The molecular weight excluding hydrogens is 976 g/mol. The number of unbranched alkanes of at least 4 members (excludes halogenated alkanes) is 16. The van der Waals surface area contributed by atoms with Crippen LogP contribution in [0.3, 0.4) is 0 Å². The van der Waals surface area contributed by atoms with E-state index in [0.717, 1.165) is 109 Å². The molecule has 0 aliphatic carbocycles. The highest BCUT2D eigenvalue weighted by molar-refractivity contribution is 7.47. The summed E-state index contributed by atoms with van der Waals surface area (Å²) < 4.78 is 30.6. The summed E-state index contributed by atoms with van der Waals surface area (Å²) in [5, 5.41) is 3.01. The molecular formula is C67H110N2O7P+. The molecule has 0 aromatic heterocycles. The number of rotatable bonds is 51. The Morgan fingerprint density at radius 2 is 0.896 bits per heavy atom. The fourth-order valence-electron chi connectivity index (χ4n) is 7.56. The molecule has 2 N–H and O–H groups in total. The second kappa shape index (κ2) is 55.0. The van der Waals surface area contributed by atoms with Crippen LogP contribution in [0.2, 0.25) is 0 Å². The second-order valence-electron chi connectivity index (χ2n) is 20.6. The molecule has 0 aliphatic rings. The minimum atomic E-state index is -4.48. The number of amides is 1. The molecule has 3 unspecified atom stereocenters. The second-order valence-corrected chi connectivity index (χ2v) is 22.0. The van der Waals surface area contributed by atoms with Crippen molar-refractivity contribution in [2.45, 2.75) is 213 Å². The van der Waals surface area contributed by atoms with Crippen molar-refractivity contribution >= 4 is 19.7 Å². The number of hydrogen-bond acceptors (Lipinski definition) is 6. The van der Waals surface area contributed by atoms with E-state index < -0.39 is 20.0 Å². The van der Waals surface area contributed by atoms with Gasteiger partial charge < -0.3 is 19.4 Å². The molecule has 0 saturated carbocycles. The van der Waals surface area contributed by atoms with E-state index in [-0.39, 0.29) is 37.9 Å². The summed E-state index contributed by atoms with van der Waals surface area (Å²) in [6.07, 6.45) is 81.0. The van der Waals surface area contributed by atoms with Gasteiger partial charge in [-0.15, -0.1) is 0 Å². The van der Waals surface area contributed by atoms with Crippen molar-refractivity contribution in [2.75, 3.05) is 40.9 Å². The van der Waals surface area contributed by atoms with Crippen LogP contribution in [0.5, 0.6) is 0 Å². The summed E-state index contributed by atoms with van der Waals surface area (Å²) in [5.74, 6) is -0.602. The molecule has 0 radical (unpaired) electrons. The largest absolute Gasteiger partial charge is 0.472 e. The fraction of sp³-hybridized carbons (Fsp3) is 0.582. The minimum Gasteiger partial charge on any atom is -0.456 e. The highest BCUT2D eigenvalue weighted by atomic mass is 31.2. The predicted octanol–water partition coefficient (Wildman–Crippen LogP) is 18.4. The molecule has 0 rings (SSSR count). The number of nitrogens with one attached hydrogen (secondary N) is 1. The summed E-state index contributed by atoms with van der Waals surface area (Å²) in [5.41, 5.74) is 0. The number of allylic oxidation sites excluding steroid dienone is 25.